The Balaban J connectivity index is 2.40. The molecule has 0 spiro atoms. The molecule has 0 fully saturated rings. The van der Waals surface area contributed by atoms with Gasteiger partial charge in [-0.15, -0.1) is 11.6 Å². The monoisotopic (exact) mass is 294 g/mol. The van der Waals surface area contributed by atoms with E-state index in [2.05, 4.69) is 4.98 Å². The minimum absolute atomic E-state index is 0.180. The lowest BCUT2D eigenvalue weighted by atomic mass is 10.2. The first-order valence-corrected chi connectivity index (χ1v) is 6.60. The molecule has 0 amide bonds. The van der Waals surface area contributed by atoms with Gasteiger partial charge >= 0.3 is 0 Å². The molecule has 0 aliphatic rings. The summed E-state index contributed by atoms with van der Waals surface area (Å²) < 4.78 is 15.6. The quantitative estimate of drug-likeness (QED) is 0.634. The van der Waals surface area contributed by atoms with Crippen LogP contribution in [0, 0.1) is 5.82 Å². The highest BCUT2D eigenvalue weighted by Gasteiger charge is 2.15. The maximum atomic E-state index is 13.8. The molecule has 0 bridgehead atoms. The number of imidazole rings is 1. The van der Waals surface area contributed by atoms with Crippen LogP contribution in [0.2, 0.25) is 5.02 Å². The number of fused-ring (bicyclic) bond motifs is 1. The first kappa shape index (κ1) is 12.5. The number of alkyl halides is 1. The minimum Gasteiger partial charge on any atom is -0.294 e. The van der Waals surface area contributed by atoms with E-state index in [9.17, 15) is 4.39 Å². The fourth-order valence-corrected chi connectivity index (χ4v) is 2.50. The van der Waals surface area contributed by atoms with Gasteiger partial charge in [-0.3, -0.25) is 4.57 Å². The lowest BCUT2D eigenvalue weighted by Gasteiger charge is -2.09. The van der Waals surface area contributed by atoms with Gasteiger partial charge in [0, 0.05) is 0 Å². The second-order valence-electron chi connectivity index (χ2n) is 4.06. The van der Waals surface area contributed by atoms with Gasteiger partial charge in [0.25, 0.3) is 0 Å². The Morgan fingerprint density at radius 2 is 1.89 bits per heavy atom. The number of hydrogen-bond acceptors (Lipinski definition) is 1. The van der Waals surface area contributed by atoms with E-state index in [1.165, 1.54) is 6.07 Å². The number of benzene rings is 2. The van der Waals surface area contributed by atoms with Crippen LogP contribution in [-0.4, -0.2) is 9.55 Å². The van der Waals surface area contributed by atoms with Gasteiger partial charge in [0.2, 0.25) is 0 Å². The Hall–Kier alpha value is -1.58. The predicted octanol–water partition coefficient (Wildman–Crippen LogP) is 4.56. The summed E-state index contributed by atoms with van der Waals surface area (Å²) in [7, 11) is 0. The van der Waals surface area contributed by atoms with Crippen LogP contribution in [-0.2, 0) is 5.88 Å². The van der Waals surface area contributed by atoms with Crippen molar-refractivity contribution in [1.82, 2.24) is 9.55 Å². The zero-order chi connectivity index (χ0) is 13.4. The van der Waals surface area contributed by atoms with E-state index in [0.29, 0.717) is 21.9 Å². The Bertz CT molecular complexity index is 752. The van der Waals surface area contributed by atoms with E-state index < -0.39 is 0 Å². The highest BCUT2D eigenvalue weighted by molar-refractivity contribution is 6.32. The van der Waals surface area contributed by atoms with E-state index >= 15 is 0 Å². The van der Waals surface area contributed by atoms with Crippen molar-refractivity contribution in [2.75, 3.05) is 0 Å². The lowest BCUT2D eigenvalue weighted by Crippen LogP contribution is -1.99. The minimum atomic E-state index is -0.366. The third-order valence-electron chi connectivity index (χ3n) is 2.92. The Morgan fingerprint density at radius 1 is 1.11 bits per heavy atom. The molecule has 1 heterocycles. The highest BCUT2D eigenvalue weighted by atomic mass is 35.5. The van der Waals surface area contributed by atoms with Crippen LogP contribution < -0.4 is 0 Å². The molecule has 0 radical (unpaired) electrons. The number of nitrogens with zero attached hydrogens (tertiary/aromatic N) is 2. The molecule has 2 aromatic carbocycles. The lowest BCUT2D eigenvalue weighted by molar-refractivity contribution is 0.637. The number of hydrogen-bond donors (Lipinski definition) is 0. The fourth-order valence-electron chi connectivity index (χ4n) is 2.10. The molecular weight excluding hydrogens is 286 g/mol. The highest BCUT2D eigenvalue weighted by Crippen LogP contribution is 2.28. The van der Waals surface area contributed by atoms with Gasteiger partial charge in [-0.25, -0.2) is 9.37 Å². The molecule has 0 aliphatic carbocycles. The van der Waals surface area contributed by atoms with Gasteiger partial charge < -0.3 is 0 Å². The van der Waals surface area contributed by atoms with E-state index in [1.807, 2.05) is 18.2 Å². The van der Waals surface area contributed by atoms with Crippen molar-refractivity contribution < 1.29 is 4.39 Å². The summed E-state index contributed by atoms with van der Waals surface area (Å²) in [5.41, 5.74) is 1.70. The van der Waals surface area contributed by atoms with Crippen LogP contribution in [0.5, 0.6) is 0 Å². The maximum Gasteiger partial charge on any atom is 0.151 e. The number of aromatic nitrogens is 2. The molecule has 0 unspecified atom stereocenters. The molecule has 3 aromatic rings. The van der Waals surface area contributed by atoms with Crippen molar-refractivity contribution in [3.63, 3.8) is 0 Å². The van der Waals surface area contributed by atoms with Crippen LogP contribution in [0.4, 0.5) is 4.39 Å². The molecule has 2 nitrogen and oxygen atoms in total. The predicted molar refractivity (Wildman–Crippen MR) is 75.6 cm³/mol. The van der Waals surface area contributed by atoms with Crippen molar-refractivity contribution >= 4 is 34.2 Å². The molecule has 3 rings (SSSR count). The van der Waals surface area contributed by atoms with Crippen molar-refractivity contribution in [1.29, 1.82) is 0 Å². The van der Waals surface area contributed by atoms with E-state index in [-0.39, 0.29) is 11.7 Å². The van der Waals surface area contributed by atoms with Crippen molar-refractivity contribution in [3.05, 3.63) is 59.1 Å². The van der Waals surface area contributed by atoms with Crippen molar-refractivity contribution in [2.45, 2.75) is 5.88 Å². The summed E-state index contributed by atoms with van der Waals surface area (Å²) in [6, 6.07) is 12.2. The largest absolute Gasteiger partial charge is 0.294 e. The van der Waals surface area contributed by atoms with E-state index in [1.54, 1.807) is 22.8 Å². The third kappa shape index (κ3) is 1.99. The standard InChI is InChI=1S/C14H9Cl2FN2/c15-8-13-18-14-10(17)5-3-7-12(14)19(13)11-6-2-1-4-9(11)16/h1-7H,8H2. The summed E-state index contributed by atoms with van der Waals surface area (Å²) in [5.74, 6) is 0.379. The van der Waals surface area contributed by atoms with Crippen LogP contribution >= 0.6 is 23.2 Å². The number of para-hydroxylation sites is 2. The summed E-state index contributed by atoms with van der Waals surface area (Å²) in [5, 5.41) is 0.567. The van der Waals surface area contributed by atoms with Crippen molar-refractivity contribution in [3.8, 4) is 5.69 Å². The zero-order valence-electron chi connectivity index (χ0n) is 9.78. The molecule has 0 N–H and O–H groups in total. The molecule has 19 heavy (non-hydrogen) atoms. The molecule has 0 saturated carbocycles. The smallest absolute Gasteiger partial charge is 0.151 e. The Kier molecular flexibility index (Phi) is 3.17. The van der Waals surface area contributed by atoms with Gasteiger partial charge in [-0.2, -0.15) is 0 Å². The van der Waals surface area contributed by atoms with Crippen molar-refractivity contribution in [2.24, 2.45) is 0 Å². The first-order chi connectivity index (χ1) is 9.22. The molecule has 1 aromatic heterocycles. The summed E-state index contributed by atoms with van der Waals surface area (Å²) in [6.45, 7) is 0. The zero-order valence-corrected chi connectivity index (χ0v) is 11.3. The average Bonchev–Trinajstić information content (AvgIpc) is 2.79. The molecule has 0 atom stereocenters. The summed E-state index contributed by atoms with van der Waals surface area (Å²) >= 11 is 12.1. The second-order valence-corrected chi connectivity index (χ2v) is 4.73. The third-order valence-corrected chi connectivity index (χ3v) is 3.48. The topological polar surface area (TPSA) is 17.8 Å². The Labute approximate surface area is 119 Å². The van der Waals surface area contributed by atoms with Gasteiger partial charge in [0.15, 0.2) is 5.82 Å². The number of halogens is 3. The molecule has 0 aliphatic heterocycles. The molecule has 0 saturated heterocycles. The molecular formula is C14H9Cl2FN2. The maximum absolute atomic E-state index is 13.8. The van der Waals surface area contributed by atoms with Gasteiger partial charge in [0.1, 0.15) is 11.3 Å². The van der Waals surface area contributed by atoms with Crippen LogP contribution in [0.1, 0.15) is 5.82 Å². The fraction of sp³-hybridized carbons (Fsp3) is 0.0714. The van der Waals surface area contributed by atoms with Gasteiger partial charge in [-0.1, -0.05) is 29.8 Å². The van der Waals surface area contributed by atoms with Crippen LogP contribution in [0.15, 0.2) is 42.5 Å². The van der Waals surface area contributed by atoms with Gasteiger partial charge in [0.05, 0.1) is 22.1 Å². The van der Waals surface area contributed by atoms with E-state index in [4.69, 9.17) is 23.2 Å². The second kappa shape index (κ2) is 4.83. The number of rotatable bonds is 2. The van der Waals surface area contributed by atoms with E-state index in [0.717, 1.165) is 5.69 Å². The summed E-state index contributed by atoms with van der Waals surface area (Å²) in [6.07, 6.45) is 0. The van der Waals surface area contributed by atoms with Gasteiger partial charge in [-0.05, 0) is 24.3 Å². The SMILES string of the molecule is Fc1cccc2c1nc(CCl)n2-c1ccccc1Cl. The van der Waals surface area contributed by atoms with Crippen LogP contribution in [0.3, 0.4) is 0 Å². The summed E-state index contributed by atoms with van der Waals surface area (Å²) in [4.78, 5) is 4.25. The first-order valence-electron chi connectivity index (χ1n) is 5.69. The molecule has 5 heteroatoms. The normalized spacial score (nSPS) is 11.1. The Morgan fingerprint density at radius 3 is 2.63 bits per heavy atom. The van der Waals surface area contributed by atoms with Crippen LogP contribution in [0.25, 0.3) is 16.7 Å². The average molecular weight is 295 g/mol. The molecule has 96 valence electrons.